The lowest BCUT2D eigenvalue weighted by atomic mass is 10.0. The van der Waals surface area contributed by atoms with E-state index in [4.69, 9.17) is 0 Å². The first-order valence-corrected chi connectivity index (χ1v) is 7.02. The van der Waals surface area contributed by atoms with Gasteiger partial charge in [-0.3, -0.25) is 4.79 Å². The highest BCUT2D eigenvalue weighted by Crippen LogP contribution is 2.18. The zero-order valence-corrected chi connectivity index (χ0v) is 12.6. The van der Waals surface area contributed by atoms with E-state index in [1.165, 1.54) is 0 Å². The lowest BCUT2D eigenvalue weighted by Gasteiger charge is -2.22. The predicted octanol–water partition coefficient (Wildman–Crippen LogP) is 1.77. The van der Waals surface area contributed by atoms with Crippen molar-refractivity contribution in [1.29, 1.82) is 0 Å². The molecule has 21 heavy (non-hydrogen) atoms. The van der Waals surface area contributed by atoms with Gasteiger partial charge in [-0.15, -0.1) is 0 Å². The van der Waals surface area contributed by atoms with E-state index in [0.29, 0.717) is 17.1 Å². The molecule has 0 radical (unpaired) electrons. The van der Waals surface area contributed by atoms with E-state index in [1.807, 2.05) is 44.2 Å². The zero-order chi connectivity index (χ0) is 15.4. The average Bonchev–Trinajstić information content (AvgIpc) is 2.44. The van der Waals surface area contributed by atoms with Gasteiger partial charge < -0.3 is 15.4 Å². The van der Waals surface area contributed by atoms with Crippen LogP contribution in [0.1, 0.15) is 41.7 Å². The number of nitrogens with zero attached hydrogens (tertiary/aromatic N) is 1. The van der Waals surface area contributed by atoms with Gasteiger partial charge in [-0.05, 0) is 26.3 Å². The van der Waals surface area contributed by atoms with Gasteiger partial charge in [0.2, 0.25) is 0 Å². The van der Waals surface area contributed by atoms with Crippen LogP contribution in [-0.4, -0.2) is 21.7 Å². The largest absolute Gasteiger partial charge is 0.394 e. The molecule has 1 heterocycles. The maximum absolute atomic E-state index is 12.1. The van der Waals surface area contributed by atoms with Gasteiger partial charge in [-0.1, -0.05) is 30.3 Å². The van der Waals surface area contributed by atoms with Crippen LogP contribution in [0.15, 0.2) is 35.1 Å². The molecule has 1 aromatic heterocycles. The molecule has 0 amide bonds. The molecule has 0 fully saturated rings. The number of nitrogens with one attached hydrogen (secondary N) is 2. The highest BCUT2D eigenvalue weighted by molar-refractivity contribution is 5.23. The van der Waals surface area contributed by atoms with E-state index in [9.17, 15) is 9.90 Å². The lowest BCUT2D eigenvalue weighted by Crippen LogP contribution is -2.32. The smallest absolute Gasteiger partial charge is 0.255 e. The summed E-state index contributed by atoms with van der Waals surface area (Å²) >= 11 is 0. The van der Waals surface area contributed by atoms with E-state index in [0.717, 1.165) is 5.56 Å². The third kappa shape index (κ3) is 3.56. The lowest BCUT2D eigenvalue weighted by molar-refractivity contribution is 0.235. The Balaban J connectivity index is 2.25. The summed E-state index contributed by atoms with van der Waals surface area (Å²) in [6.45, 7) is 5.45. The highest BCUT2D eigenvalue weighted by Gasteiger charge is 2.19. The minimum Gasteiger partial charge on any atom is -0.394 e. The first kappa shape index (κ1) is 15.4. The molecule has 2 atom stereocenters. The van der Waals surface area contributed by atoms with E-state index >= 15 is 0 Å². The SMILES string of the molecule is Cc1nc(C)c(C(C)NC(CO)c2ccccc2)c(=O)[nH]1. The second-order valence-electron chi connectivity index (χ2n) is 5.18. The number of H-pyrrole nitrogens is 1. The molecule has 5 heteroatoms. The number of aromatic amines is 1. The first-order chi connectivity index (χ1) is 10.0. The minimum atomic E-state index is -0.221. The van der Waals surface area contributed by atoms with Gasteiger partial charge in [0, 0.05) is 11.7 Å². The van der Waals surface area contributed by atoms with Crippen molar-refractivity contribution in [3.8, 4) is 0 Å². The molecule has 112 valence electrons. The van der Waals surface area contributed by atoms with Crippen LogP contribution in [0.4, 0.5) is 0 Å². The summed E-state index contributed by atoms with van der Waals surface area (Å²) in [5, 5.41) is 12.9. The van der Waals surface area contributed by atoms with E-state index in [2.05, 4.69) is 15.3 Å². The summed E-state index contributed by atoms with van der Waals surface area (Å²) < 4.78 is 0. The molecule has 2 aromatic rings. The standard InChI is InChI=1S/C16H21N3O2/c1-10-15(16(21)19-12(3)17-10)11(2)18-14(9-20)13-7-5-4-6-8-13/h4-8,11,14,18,20H,9H2,1-3H3,(H,17,19,21). The Kier molecular flexibility index (Phi) is 4.88. The maximum atomic E-state index is 12.1. The highest BCUT2D eigenvalue weighted by atomic mass is 16.3. The number of aryl methyl sites for hydroxylation is 2. The van der Waals surface area contributed by atoms with Crippen LogP contribution in [0.3, 0.4) is 0 Å². The quantitative estimate of drug-likeness (QED) is 0.783. The summed E-state index contributed by atoms with van der Waals surface area (Å²) in [7, 11) is 0. The molecule has 0 aliphatic rings. The van der Waals surface area contributed by atoms with Gasteiger partial charge >= 0.3 is 0 Å². The van der Waals surface area contributed by atoms with E-state index < -0.39 is 0 Å². The van der Waals surface area contributed by atoms with Crippen LogP contribution < -0.4 is 10.9 Å². The van der Waals surface area contributed by atoms with Gasteiger partial charge in [-0.2, -0.15) is 0 Å². The molecule has 0 saturated carbocycles. The normalized spacial score (nSPS) is 13.9. The predicted molar refractivity (Wildman–Crippen MR) is 82.2 cm³/mol. The topological polar surface area (TPSA) is 78.0 Å². The number of aliphatic hydroxyl groups is 1. The van der Waals surface area contributed by atoms with Crippen molar-refractivity contribution in [3.63, 3.8) is 0 Å². The van der Waals surface area contributed by atoms with Crippen LogP contribution in [0, 0.1) is 13.8 Å². The number of hydrogen-bond donors (Lipinski definition) is 3. The minimum absolute atomic E-state index is 0.0371. The van der Waals surface area contributed by atoms with Crippen molar-refractivity contribution in [3.05, 3.63) is 63.3 Å². The molecule has 5 nitrogen and oxygen atoms in total. The van der Waals surface area contributed by atoms with E-state index in [1.54, 1.807) is 6.92 Å². The van der Waals surface area contributed by atoms with Gasteiger partial charge in [0.1, 0.15) is 5.82 Å². The van der Waals surface area contributed by atoms with Crippen LogP contribution in [0.25, 0.3) is 0 Å². The third-order valence-electron chi connectivity index (χ3n) is 3.53. The van der Waals surface area contributed by atoms with Gasteiger partial charge in [0.05, 0.1) is 18.2 Å². The van der Waals surface area contributed by atoms with Crippen LogP contribution >= 0.6 is 0 Å². The Bertz CT molecular complexity index is 652. The Morgan fingerprint density at radius 3 is 2.52 bits per heavy atom. The Morgan fingerprint density at radius 1 is 1.29 bits per heavy atom. The molecule has 0 saturated heterocycles. The fourth-order valence-corrected chi connectivity index (χ4v) is 2.57. The number of aliphatic hydroxyl groups excluding tert-OH is 1. The molecular weight excluding hydrogens is 266 g/mol. The fraction of sp³-hybridized carbons (Fsp3) is 0.375. The summed E-state index contributed by atoms with van der Waals surface area (Å²) in [4.78, 5) is 19.1. The molecule has 0 spiro atoms. The van der Waals surface area contributed by atoms with Gasteiger partial charge in [0.15, 0.2) is 0 Å². The van der Waals surface area contributed by atoms with Crippen LogP contribution in [-0.2, 0) is 0 Å². The summed E-state index contributed by atoms with van der Waals surface area (Å²) in [5.74, 6) is 0.607. The summed E-state index contributed by atoms with van der Waals surface area (Å²) in [6, 6.07) is 9.25. The van der Waals surface area contributed by atoms with Gasteiger partial charge in [-0.25, -0.2) is 4.98 Å². The maximum Gasteiger partial charge on any atom is 0.255 e. The monoisotopic (exact) mass is 287 g/mol. The van der Waals surface area contributed by atoms with Crippen LogP contribution in [0.2, 0.25) is 0 Å². The molecule has 0 aliphatic carbocycles. The van der Waals surface area contributed by atoms with Crippen molar-refractivity contribution in [2.24, 2.45) is 0 Å². The zero-order valence-electron chi connectivity index (χ0n) is 12.6. The molecular formula is C16H21N3O2. The molecule has 2 unspecified atom stereocenters. The van der Waals surface area contributed by atoms with Gasteiger partial charge in [0.25, 0.3) is 5.56 Å². The second kappa shape index (κ2) is 6.65. The molecule has 3 N–H and O–H groups in total. The number of aromatic nitrogens is 2. The van der Waals surface area contributed by atoms with Crippen molar-refractivity contribution in [1.82, 2.24) is 15.3 Å². The second-order valence-corrected chi connectivity index (χ2v) is 5.18. The molecule has 2 rings (SSSR count). The Hall–Kier alpha value is -1.98. The van der Waals surface area contributed by atoms with Crippen molar-refractivity contribution >= 4 is 0 Å². The van der Waals surface area contributed by atoms with Crippen molar-refractivity contribution in [2.75, 3.05) is 6.61 Å². The Labute approximate surface area is 124 Å². The first-order valence-electron chi connectivity index (χ1n) is 7.02. The molecule has 1 aromatic carbocycles. The number of benzene rings is 1. The third-order valence-corrected chi connectivity index (χ3v) is 3.53. The van der Waals surface area contributed by atoms with Crippen molar-refractivity contribution < 1.29 is 5.11 Å². The molecule has 0 aliphatic heterocycles. The average molecular weight is 287 g/mol. The fourth-order valence-electron chi connectivity index (χ4n) is 2.57. The Morgan fingerprint density at radius 2 is 1.95 bits per heavy atom. The van der Waals surface area contributed by atoms with Crippen molar-refractivity contribution in [2.45, 2.75) is 32.9 Å². The van der Waals surface area contributed by atoms with E-state index in [-0.39, 0.29) is 24.2 Å². The molecule has 0 bridgehead atoms. The van der Waals surface area contributed by atoms with Crippen LogP contribution in [0.5, 0.6) is 0 Å². The summed E-state index contributed by atoms with van der Waals surface area (Å²) in [6.07, 6.45) is 0. The summed E-state index contributed by atoms with van der Waals surface area (Å²) in [5.41, 5.74) is 2.17. The number of hydrogen-bond acceptors (Lipinski definition) is 4. The number of rotatable bonds is 5.